The molecule has 2 rings (SSSR count). The Kier molecular flexibility index (Phi) is 2.40. The van der Waals surface area contributed by atoms with E-state index in [9.17, 15) is 0 Å². The van der Waals surface area contributed by atoms with Gasteiger partial charge in [-0.25, -0.2) is 0 Å². The van der Waals surface area contributed by atoms with Crippen molar-refractivity contribution in [1.29, 1.82) is 0 Å². The molecule has 0 N–H and O–H groups in total. The fourth-order valence-electron chi connectivity index (χ4n) is 3.00. The molecule has 0 spiro atoms. The Hall–Kier alpha value is -0.0400. The Bertz CT molecular complexity index is 137. The first-order valence-corrected chi connectivity index (χ1v) is 5.47. The van der Waals surface area contributed by atoms with Gasteiger partial charge in [0.05, 0.1) is 0 Å². The number of rotatable bonds is 0. The maximum Gasteiger partial charge on any atom is 0.00667 e. The highest BCUT2D eigenvalue weighted by atomic mass is 15.1. The molecule has 3 atom stereocenters. The lowest BCUT2D eigenvalue weighted by atomic mass is 9.73. The van der Waals surface area contributed by atoms with E-state index in [1.54, 1.807) is 0 Å². The van der Waals surface area contributed by atoms with Crippen molar-refractivity contribution >= 4 is 0 Å². The van der Waals surface area contributed by atoms with Crippen LogP contribution in [0.3, 0.4) is 0 Å². The molecule has 70 valence electrons. The third-order valence-electron chi connectivity index (χ3n) is 3.99. The number of hydrogen-bond donors (Lipinski definition) is 0. The fraction of sp³-hybridized carbons (Fsp3) is 1.00. The topological polar surface area (TPSA) is 3.24 Å². The van der Waals surface area contributed by atoms with Crippen LogP contribution in [-0.4, -0.2) is 24.5 Å². The van der Waals surface area contributed by atoms with E-state index in [4.69, 9.17) is 0 Å². The summed E-state index contributed by atoms with van der Waals surface area (Å²) in [4.78, 5) is 2.55. The van der Waals surface area contributed by atoms with Gasteiger partial charge in [-0.2, -0.15) is 0 Å². The highest BCUT2D eigenvalue weighted by Crippen LogP contribution is 2.37. The number of hydrogen-bond acceptors (Lipinski definition) is 1. The maximum atomic E-state index is 2.55. The van der Waals surface area contributed by atoms with Crippen molar-refractivity contribution in [3.05, 3.63) is 0 Å². The van der Waals surface area contributed by atoms with Crippen molar-refractivity contribution < 1.29 is 0 Å². The highest BCUT2D eigenvalue weighted by Gasteiger charge is 2.32. The maximum absolute atomic E-state index is 2.55. The third-order valence-corrected chi connectivity index (χ3v) is 3.99. The predicted octanol–water partition coefficient (Wildman–Crippen LogP) is 2.52. The average molecular weight is 167 g/mol. The average Bonchev–Trinajstić information content (AvgIpc) is 2.07. The van der Waals surface area contributed by atoms with Crippen LogP contribution in [0.2, 0.25) is 0 Å². The van der Waals surface area contributed by atoms with E-state index < -0.39 is 0 Å². The van der Waals surface area contributed by atoms with Crippen molar-refractivity contribution in [3.8, 4) is 0 Å². The molecule has 0 bridgehead atoms. The zero-order valence-electron chi connectivity index (χ0n) is 8.42. The van der Waals surface area contributed by atoms with Gasteiger partial charge in [-0.05, 0) is 38.6 Å². The molecule has 1 aliphatic heterocycles. The zero-order valence-corrected chi connectivity index (χ0v) is 8.42. The number of nitrogens with zero attached hydrogens (tertiary/aromatic N) is 1. The number of piperidine rings is 1. The first-order valence-electron chi connectivity index (χ1n) is 5.47. The van der Waals surface area contributed by atoms with Gasteiger partial charge in [0.25, 0.3) is 0 Å². The zero-order chi connectivity index (χ0) is 8.55. The summed E-state index contributed by atoms with van der Waals surface area (Å²) >= 11 is 0. The molecule has 2 aliphatic rings. The smallest absolute Gasteiger partial charge is 0.00667 e. The molecule has 1 nitrogen and oxygen atoms in total. The Balaban J connectivity index is 1.98. The lowest BCUT2D eigenvalue weighted by molar-refractivity contribution is 0.0650. The van der Waals surface area contributed by atoms with Crippen LogP contribution in [-0.2, 0) is 0 Å². The van der Waals surface area contributed by atoms with Crippen LogP contribution in [0.25, 0.3) is 0 Å². The predicted molar refractivity (Wildman–Crippen MR) is 52.2 cm³/mol. The van der Waals surface area contributed by atoms with Gasteiger partial charge < -0.3 is 4.90 Å². The minimum Gasteiger partial charge on any atom is -0.303 e. The highest BCUT2D eigenvalue weighted by molar-refractivity contribution is 4.85. The van der Waals surface area contributed by atoms with E-state index in [0.29, 0.717) is 0 Å². The van der Waals surface area contributed by atoms with Gasteiger partial charge in [0.1, 0.15) is 0 Å². The van der Waals surface area contributed by atoms with Crippen molar-refractivity contribution in [1.82, 2.24) is 4.90 Å². The molecule has 1 aliphatic carbocycles. The van der Waals surface area contributed by atoms with Gasteiger partial charge in [0.2, 0.25) is 0 Å². The van der Waals surface area contributed by atoms with Gasteiger partial charge in [-0.3, -0.25) is 0 Å². The Morgan fingerprint density at radius 3 is 2.50 bits per heavy atom. The summed E-state index contributed by atoms with van der Waals surface area (Å²) < 4.78 is 0. The molecule has 0 aromatic rings. The van der Waals surface area contributed by atoms with Crippen LogP contribution in [0.1, 0.15) is 39.0 Å². The molecule has 0 aromatic heterocycles. The molecule has 12 heavy (non-hydrogen) atoms. The second kappa shape index (κ2) is 3.37. The van der Waals surface area contributed by atoms with Gasteiger partial charge >= 0.3 is 0 Å². The second-order valence-corrected chi connectivity index (χ2v) is 4.83. The van der Waals surface area contributed by atoms with Crippen LogP contribution in [0.4, 0.5) is 0 Å². The van der Waals surface area contributed by atoms with E-state index in [1.165, 1.54) is 38.6 Å². The van der Waals surface area contributed by atoms with E-state index in [-0.39, 0.29) is 0 Å². The van der Waals surface area contributed by atoms with Crippen molar-refractivity contribution in [2.75, 3.05) is 13.6 Å². The van der Waals surface area contributed by atoms with Crippen LogP contribution in [0.15, 0.2) is 0 Å². The Labute approximate surface area is 76.1 Å². The summed E-state index contributed by atoms with van der Waals surface area (Å²) in [6.07, 6.45) is 7.47. The molecule has 2 fully saturated rings. The monoisotopic (exact) mass is 167 g/mol. The van der Waals surface area contributed by atoms with Crippen molar-refractivity contribution in [2.24, 2.45) is 11.8 Å². The van der Waals surface area contributed by atoms with E-state index in [2.05, 4.69) is 18.9 Å². The van der Waals surface area contributed by atoms with Crippen molar-refractivity contribution in [2.45, 2.75) is 45.1 Å². The molecular weight excluding hydrogens is 146 g/mol. The Morgan fingerprint density at radius 2 is 1.75 bits per heavy atom. The molecule has 1 saturated heterocycles. The van der Waals surface area contributed by atoms with Gasteiger partial charge in [-0.15, -0.1) is 0 Å². The van der Waals surface area contributed by atoms with Crippen LogP contribution >= 0.6 is 0 Å². The quantitative estimate of drug-likeness (QED) is 0.536. The SMILES string of the molecule is C[C@H]1CC2CCCCC2CN1C. The molecule has 0 amide bonds. The van der Waals surface area contributed by atoms with Crippen LogP contribution in [0, 0.1) is 11.8 Å². The van der Waals surface area contributed by atoms with E-state index in [0.717, 1.165) is 17.9 Å². The molecule has 2 unspecified atom stereocenters. The summed E-state index contributed by atoms with van der Waals surface area (Å²) in [6.45, 7) is 3.75. The molecular formula is C11H21N. The summed E-state index contributed by atoms with van der Waals surface area (Å²) in [5, 5.41) is 0. The lowest BCUT2D eigenvalue weighted by Crippen LogP contribution is -2.44. The van der Waals surface area contributed by atoms with Gasteiger partial charge in [0, 0.05) is 12.6 Å². The molecule has 1 heterocycles. The van der Waals surface area contributed by atoms with Crippen molar-refractivity contribution in [3.63, 3.8) is 0 Å². The standard InChI is InChI=1S/C11H21N/c1-9-7-10-5-3-4-6-11(10)8-12(9)2/h9-11H,3-8H2,1-2H3/t9-,10?,11?/m0/s1. The van der Waals surface area contributed by atoms with Crippen LogP contribution < -0.4 is 0 Å². The molecule has 0 aromatic carbocycles. The minimum atomic E-state index is 0.837. The fourth-order valence-corrected chi connectivity index (χ4v) is 3.00. The normalized spacial score (nSPS) is 44.0. The third kappa shape index (κ3) is 1.52. The van der Waals surface area contributed by atoms with Crippen LogP contribution in [0.5, 0.6) is 0 Å². The summed E-state index contributed by atoms with van der Waals surface area (Å²) in [5.41, 5.74) is 0. The second-order valence-electron chi connectivity index (χ2n) is 4.83. The van der Waals surface area contributed by atoms with E-state index >= 15 is 0 Å². The van der Waals surface area contributed by atoms with Gasteiger partial charge in [-0.1, -0.05) is 19.3 Å². The summed E-state index contributed by atoms with van der Waals surface area (Å²) in [6, 6.07) is 0.837. The largest absolute Gasteiger partial charge is 0.303 e. The molecule has 0 radical (unpaired) electrons. The first-order chi connectivity index (χ1) is 5.77. The Morgan fingerprint density at radius 1 is 1.08 bits per heavy atom. The lowest BCUT2D eigenvalue weighted by Gasteiger charge is -2.43. The van der Waals surface area contributed by atoms with E-state index in [1.807, 2.05) is 0 Å². The first kappa shape index (κ1) is 8.55. The molecule has 1 saturated carbocycles. The number of likely N-dealkylation sites (tertiary alicyclic amines) is 1. The minimum absolute atomic E-state index is 0.837. The molecule has 1 heteroatoms. The van der Waals surface area contributed by atoms with Gasteiger partial charge in [0.15, 0.2) is 0 Å². The number of fused-ring (bicyclic) bond motifs is 1. The summed E-state index contributed by atoms with van der Waals surface area (Å²) in [7, 11) is 2.29. The summed E-state index contributed by atoms with van der Waals surface area (Å²) in [5.74, 6) is 2.12.